The van der Waals surface area contributed by atoms with Crippen molar-refractivity contribution in [3.05, 3.63) is 53.0 Å². The first-order chi connectivity index (χ1) is 11.4. The second kappa shape index (κ2) is 7.45. The van der Waals surface area contributed by atoms with Gasteiger partial charge in [-0.05, 0) is 39.0 Å². The minimum atomic E-state index is -1.05. The van der Waals surface area contributed by atoms with E-state index in [0.29, 0.717) is 34.1 Å². The Morgan fingerprint density at radius 1 is 1.29 bits per heavy atom. The fourth-order valence-corrected chi connectivity index (χ4v) is 2.07. The molecule has 7 heteroatoms. The Bertz CT molecular complexity index is 792. The van der Waals surface area contributed by atoms with E-state index in [2.05, 4.69) is 10.5 Å². The van der Waals surface area contributed by atoms with Crippen LogP contribution in [0.5, 0.6) is 5.75 Å². The number of hydrogen-bond donors (Lipinski definition) is 2. The van der Waals surface area contributed by atoms with Crippen LogP contribution < -0.4 is 10.2 Å². The number of aliphatic carboxylic acids is 1. The number of furan rings is 1. The average Bonchev–Trinajstić information content (AvgIpc) is 2.89. The molecule has 0 bridgehead atoms. The molecular formula is C17H18N2O5. The molecule has 2 aromatic rings. The van der Waals surface area contributed by atoms with Crippen molar-refractivity contribution in [2.24, 2.45) is 5.10 Å². The molecule has 0 saturated heterocycles. The van der Waals surface area contributed by atoms with Crippen LogP contribution >= 0.6 is 0 Å². The Hall–Kier alpha value is -3.09. The van der Waals surface area contributed by atoms with Gasteiger partial charge in [0.1, 0.15) is 17.3 Å². The van der Waals surface area contributed by atoms with Crippen LogP contribution in [0.25, 0.3) is 0 Å². The first-order valence-corrected chi connectivity index (χ1v) is 7.23. The molecule has 0 atom stereocenters. The number of nitrogens with one attached hydrogen (secondary N) is 1. The molecule has 1 aromatic carbocycles. The molecule has 0 saturated carbocycles. The van der Waals surface area contributed by atoms with E-state index < -0.39 is 12.6 Å². The molecule has 24 heavy (non-hydrogen) atoms. The maximum absolute atomic E-state index is 12.1. The summed E-state index contributed by atoms with van der Waals surface area (Å²) in [6, 6.07) is 8.45. The topological polar surface area (TPSA) is 101 Å². The molecule has 2 N–H and O–H groups in total. The molecule has 2 rings (SSSR count). The van der Waals surface area contributed by atoms with E-state index in [-0.39, 0.29) is 5.91 Å². The summed E-state index contributed by atoms with van der Waals surface area (Å²) in [6.45, 7) is 4.78. The third-order valence-corrected chi connectivity index (χ3v) is 3.22. The highest BCUT2D eigenvalue weighted by atomic mass is 16.5. The van der Waals surface area contributed by atoms with Crippen LogP contribution in [0.4, 0.5) is 0 Å². The molecule has 0 radical (unpaired) electrons. The largest absolute Gasteiger partial charge is 0.482 e. The Balaban J connectivity index is 2.07. The first kappa shape index (κ1) is 17.3. The van der Waals surface area contributed by atoms with E-state index in [4.69, 9.17) is 14.3 Å². The quantitative estimate of drug-likeness (QED) is 0.626. The van der Waals surface area contributed by atoms with Gasteiger partial charge in [-0.15, -0.1) is 0 Å². The number of aryl methyl sites for hydroxylation is 2. The van der Waals surface area contributed by atoms with Gasteiger partial charge in [-0.1, -0.05) is 12.1 Å². The summed E-state index contributed by atoms with van der Waals surface area (Å²) in [7, 11) is 0. The molecule has 0 unspecified atom stereocenters. The smallest absolute Gasteiger partial charge is 0.341 e. The number of amides is 1. The zero-order valence-electron chi connectivity index (χ0n) is 13.6. The Labute approximate surface area is 138 Å². The summed E-state index contributed by atoms with van der Waals surface area (Å²) in [6.07, 6.45) is 0. The van der Waals surface area contributed by atoms with Crippen molar-refractivity contribution >= 4 is 17.6 Å². The van der Waals surface area contributed by atoms with Crippen LogP contribution in [0, 0.1) is 13.8 Å². The van der Waals surface area contributed by atoms with Gasteiger partial charge in [0.15, 0.2) is 6.61 Å². The summed E-state index contributed by atoms with van der Waals surface area (Å²) in [5.41, 5.74) is 4.17. The maximum atomic E-state index is 12.1. The highest BCUT2D eigenvalue weighted by Gasteiger charge is 2.13. The lowest BCUT2D eigenvalue weighted by molar-refractivity contribution is -0.139. The van der Waals surface area contributed by atoms with Gasteiger partial charge in [0, 0.05) is 5.56 Å². The summed E-state index contributed by atoms with van der Waals surface area (Å²) < 4.78 is 10.4. The van der Waals surface area contributed by atoms with Crippen molar-refractivity contribution in [2.75, 3.05) is 6.61 Å². The van der Waals surface area contributed by atoms with Gasteiger partial charge in [0.05, 0.1) is 11.3 Å². The average molecular weight is 330 g/mol. The number of carboxylic acid groups (broad SMARTS) is 1. The third-order valence-electron chi connectivity index (χ3n) is 3.22. The highest BCUT2D eigenvalue weighted by molar-refractivity contribution is 6.01. The van der Waals surface area contributed by atoms with Gasteiger partial charge in [0.25, 0.3) is 5.91 Å². The molecule has 126 valence electrons. The molecule has 0 fully saturated rings. The number of nitrogens with zero attached hydrogens (tertiary/aromatic N) is 1. The van der Waals surface area contributed by atoms with Crippen molar-refractivity contribution in [1.29, 1.82) is 0 Å². The van der Waals surface area contributed by atoms with Gasteiger partial charge < -0.3 is 14.3 Å². The predicted molar refractivity (Wildman–Crippen MR) is 87.4 cm³/mol. The molecule has 0 aliphatic rings. The minimum absolute atomic E-state index is 0.359. The molecule has 0 aliphatic carbocycles. The molecule has 1 heterocycles. The van der Waals surface area contributed by atoms with E-state index in [1.54, 1.807) is 51.1 Å². The number of carbonyl (C=O) groups excluding carboxylic acids is 1. The normalized spacial score (nSPS) is 11.2. The lowest BCUT2D eigenvalue weighted by atomic mass is 10.1. The van der Waals surface area contributed by atoms with Crippen LogP contribution in [0.2, 0.25) is 0 Å². The Morgan fingerprint density at radius 2 is 2.04 bits per heavy atom. The van der Waals surface area contributed by atoms with Gasteiger partial charge in [-0.25, -0.2) is 10.2 Å². The van der Waals surface area contributed by atoms with Crippen LogP contribution in [0.1, 0.15) is 34.4 Å². The zero-order valence-corrected chi connectivity index (χ0v) is 13.6. The maximum Gasteiger partial charge on any atom is 0.341 e. The second-order valence-corrected chi connectivity index (χ2v) is 5.18. The summed E-state index contributed by atoms with van der Waals surface area (Å²) in [5, 5.41) is 12.7. The SMILES string of the molecule is C/C(=N/NC(=O)c1cc(C)oc1C)c1cccc(OCC(=O)O)c1. The first-order valence-electron chi connectivity index (χ1n) is 7.23. The summed E-state index contributed by atoms with van der Waals surface area (Å²) in [5.74, 6) is 0.187. The van der Waals surface area contributed by atoms with Crippen molar-refractivity contribution in [1.82, 2.24) is 5.43 Å². The Morgan fingerprint density at radius 3 is 2.67 bits per heavy atom. The number of rotatable bonds is 6. The third kappa shape index (κ3) is 4.45. The minimum Gasteiger partial charge on any atom is -0.482 e. The number of carbonyl (C=O) groups is 2. The van der Waals surface area contributed by atoms with Gasteiger partial charge in [-0.3, -0.25) is 4.79 Å². The zero-order chi connectivity index (χ0) is 17.7. The molecule has 0 aliphatic heterocycles. The number of carboxylic acids is 1. The van der Waals surface area contributed by atoms with Crippen LogP contribution in [0.15, 0.2) is 39.9 Å². The van der Waals surface area contributed by atoms with E-state index in [9.17, 15) is 9.59 Å². The van der Waals surface area contributed by atoms with Gasteiger partial charge in [0.2, 0.25) is 0 Å². The lowest BCUT2D eigenvalue weighted by Crippen LogP contribution is -2.19. The number of hydrogen-bond acceptors (Lipinski definition) is 5. The second-order valence-electron chi connectivity index (χ2n) is 5.18. The molecule has 1 aromatic heterocycles. The molecule has 0 spiro atoms. The van der Waals surface area contributed by atoms with E-state index in [1.807, 2.05) is 0 Å². The van der Waals surface area contributed by atoms with Crippen molar-refractivity contribution in [3.63, 3.8) is 0 Å². The predicted octanol–water partition coefficient (Wildman–Crippen LogP) is 2.51. The lowest BCUT2D eigenvalue weighted by Gasteiger charge is -2.06. The number of benzene rings is 1. The Kier molecular flexibility index (Phi) is 5.36. The van der Waals surface area contributed by atoms with E-state index in [0.717, 1.165) is 0 Å². The fourth-order valence-electron chi connectivity index (χ4n) is 2.07. The number of ether oxygens (including phenoxy) is 1. The molecule has 7 nitrogen and oxygen atoms in total. The van der Waals surface area contributed by atoms with Crippen LogP contribution in [-0.2, 0) is 4.79 Å². The fraction of sp³-hybridized carbons (Fsp3) is 0.235. The van der Waals surface area contributed by atoms with Crippen molar-refractivity contribution in [2.45, 2.75) is 20.8 Å². The highest BCUT2D eigenvalue weighted by Crippen LogP contribution is 2.15. The van der Waals surface area contributed by atoms with Crippen LogP contribution in [0.3, 0.4) is 0 Å². The van der Waals surface area contributed by atoms with Gasteiger partial charge in [-0.2, -0.15) is 5.10 Å². The van der Waals surface area contributed by atoms with Crippen molar-refractivity contribution in [3.8, 4) is 5.75 Å². The molecule has 1 amide bonds. The van der Waals surface area contributed by atoms with E-state index in [1.165, 1.54) is 0 Å². The standard InChI is InChI=1S/C17H18N2O5/c1-10-7-15(12(3)24-10)17(22)19-18-11(2)13-5-4-6-14(8-13)23-9-16(20)21/h4-8H,9H2,1-3H3,(H,19,22)(H,20,21)/b18-11-. The summed E-state index contributed by atoms with van der Waals surface area (Å²) in [4.78, 5) is 22.6. The van der Waals surface area contributed by atoms with E-state index >= 15 is 0 Å². The molecular weight excluding hydrogens is 312 g/mol. The summed E-state index contributed by atoms with van der Waals surface area (Å²) >= 11 is 0. The van der Waals surface area contributed by atoms with Crippen LogP contribution in [-0.4, -0.2) is 29.3 Å². The number of hydrazone groups is 1. The monoisotopic (exact) mass is 330 g/mol. The van der Waals surface area contributed by atoms with Crippen molar-refractivity contribution < 1.29 is 23.8 Å². The van der Waals surface area contributed by atoms with Gasteiger partial charge >= 0.3 is 5.97 Å².